The number of hydrogen-bond acceptors (Lipinski definition) is 1. The van der Waals surface area contributed by atoms with Crippen molar-refractivity contribution in [1.82, 2.24) is 9.47 Å². The Morgan fingerprint density at radius 2 is 1.71 bits per heavy atom. The molecule has 28 heavy (non-hydrogen) atoms. The van der Waals surface area contributed by atoms with Crippen LogP contribution in [0.25, 0.3) is 0 Å². The van der Waals surface area contributed by atoms with Crippen LogP contribution in [0.15, 0.2) is 66.9 Å². The summed E-state index contributed by atoms with van der Waals surface area (Å²) in [5, 5.41) is 0. The maximum absolute atomic E-state index is 13.7. The van der Waals surface area contributed by atoms with Crippen molar-refractivity contribution in [1.29, 1.82) is 0 Å². The molecule has 0 aliphatic heterocycles. The molecule has 0 amide bonds. The molecular formula is C25H31FN2. The minimum atomic E-state index is -0.169. The van der Waals surface area contributed by atoms with Gasteiger partial charge >= 0.3 is 0 Å². The average Bonchev–Trinajstić information content (AvgIpc) is 3.09. The quantitative estimate of drug-likeness (QED) is 0.464. The van der Waals surface area contributed by atoms with E-state index in [2.05, 4.69) is 79.8 Å². The molecule has 1 atom stereocenters. The maximum atomic E-state index is 13.7. The molecule has 0 N–H and O–H groups in total. The summed E-state index contributed by atoms with van der Waals surface area (Å²) in [7, 11) is 0. The van der Waals surface area contributed by atoms with Crippen LogP contribution in [0.2, 0.25) is 0 Å². The van der Waals surface area contributed by atoms with Gasteiger partial charge in [-0.3, -0.25) is 4.90 Å². The molecule has 2 aromatic carbocycles. The zero-order valence-electron chi connectivity index (χ0n) is 17.4. The summed E-state index contributed by atoms with van der Waals surface area (Å²) in [6, 6.07) is 20.2. The van der Waals surface area contributed by atoms with Crippen LogP contribution in [0.5, 0.6) is 0 Å². The third-order valence-corrected chi connectivity index (χ3v) is 5.71. The highest BCUT2D eigenvalue weighted by atomic mass is 19.1. The van der Waals surface area contributed by atoms with E-state index in [0.29, 0.717) is 12.0 Å². The van der Waals surface area contributed by atoms with Crippen LogP contribution < -0.4 is 0 Å². The van der Waals surface area contributed by atoms with Gasteiger partial charge in [0.15, 0.2) is 0 Å². The van der Waals surface area contributed by atoms with Crippen molar-refractivity contribution in [3.05, 3.63) is 95.1 Å². The lowest BCUT2D eigenvalue weighted by atomic mass is 10.0. The van der Waals surface area contributed by atoms with E-state index in [1.165, 1.54) is 22.9 Å². The summed E-state index contributed by atoms with van der Waals surface area (Å²) in [6.07, 6.45) is 2.15. The van der Waals surface area contributed by atoms with E-state index in [1.54, 1.807) is 12.1 Å². The number of aryl methyl sites for hydroxylation is 1. The van der Waals surface area contributed by atoms with E-state index in [4.69, 9.17) is 0 Å². The molecule has 2 nitrogen and oxygen atoms in total. The molecule has 0 bridgehead atoms. The molecule has 0 fully saturated rings. The molecule has 0 saturated carbocycles. The van der Waals surface area contributed by atoms with Gasteiger partial charge in [0.25, 0.3) is 0 Å². The van der Waals surface area contributed by atoms with E-state index in [-0.39, 0.29) is 5.82 Å². The number of rotatable bonds is 8. The second-order valence-corrected chi connectivity index (χ2v) is 8.07. The van der Waals surface area contributed by atoms with Crippen molar-refractivity contribution >= 4 is 0 Å². The molecule has 1 aromatic heterocycles. The zero-order valence-corrected chi connectivity index (χ0v) is 17.4. The van der Waals surface area contributed by atoms with Gasteiger partial charge in [0.05, 0.1) is 0 Å². The molecule has 0 spiro atoms. The first-order chi connectivity index (χ1) is 13.4. The minimum absolute atomic E-state index is 0.169. The minimum Gasteiger partial charge on any atom is -0.346 e. The second-order valence-electron chi connectivity index (χ2n) is 8.07. The van der Waals surface area contributed by atoms with Crippen LogP contribution in [0, 0.1) is 18.7 Å². The summed E-state index contributed by atoms with van der Waals surface area (Å²) in [6.45, 7) is 11.4. The van der Waals surface area contributed by atoms with Gasteiger partial charge < -0.3 is 4.57 Å². The monoisotopic (exact) mass is 378 g/mol. The highest BCUT2D eigenvalue weighted by molar-refractivity contribution is 5.26. The molecule has 1 unspecified atom stereocenters. The topological polar surface area (TPSA) is 8.17 Å². The average molecular weight is 379 g/mol. The Bertz CT molecular complexity index is 897. The van der Waals surface area contributed by atoms with Crippen LogP contribution in [-0.2, 0) is 19.6 Å². The van der Waals surface area contributed by atoms with Gasteiger partial charge in [0.2, 0.25) is 0 Å². The predicted octanol–water partition coefficient (Wildman–Crippen LogP) is 6.03. The molecule has 1 heterocycles. The van der Waals surface area contributed by atoms with Gasteiger partial charge in [-0.05, 0) is 60.7 Å². The normalized spacial score (nSPS) is 12.7. The summed E-state index contributed by atoms with van der Waals surface area (Å²) >= 11 is 0. The van der Waals surface area contributed by atoms with E-state index in [0.717, 1.165) is 25.2 Å². The van der Waals surface area contributed by atoms with Crippen LogP contribution in [0.4, 0.5) is 4.39 Å². The molecule has 0 saturated heterocycles. The van der Waals surface area contributed by atoms with Gasteiger partial charge in [0.1, 0.15) is 5.82 Å². The third-order valence-electron chi connectivity index (χ3n) is 5.71. The Kier molecular flexibility index (Phi) is 6.69. The fraction of sp³-hybridized carbons (Fsp3) is 0.360. The number of halogens is 1. The number of hydrogen-bond donors (Lipinski definition) is 0. The number of aromatic nitrogens is 1. The van der Waals surface area contributed by atoms with Crippen molar-refractivity contribution < 1.29 is 4.39 Å². The number of nitrogens with zero attached hydrogens (tertiary/aromatic N) is 2. The largest absolute Gasteiger partial charge is 0.346 e. The van der Waals surface area contributed by atoms with Crippen LogP contribution >= 0.6 is 0 Å². The summed E-state index contributed by atoms with van der Waals surface area (Å²) in [5.41, 5.74) is 4.96. The molecule has 148 valence electrons. The highest BCUT2D eigenvalue weighted by Crippen LogP contribution is 2.20. The first-order valence-corrected chi connectivity index (χ1v) is 10.1. The number of benzene rings is 2. The molecule has 3 heteroatoms. The SMILES string of the molecule is Cc1ccccc1Cn1cccc1CN(Cc1cccc(F)c1)C(C)C(C)C. The van der Waals surface area contributed by atoms with Crippen molar-refractivity contribution in [2.75, 3.05) is 0 Å². The van der Waals surface area contributed by atoms with E-state index < -0.39 is 0 Å². The predicted molar refractivity (Wildman–Crippen MR) is 115 cm³/mol. The highest BCUT2D eigenvalue weighted by Gasteiger charge is 2.19. The zero-order chi connectivity index (χ0) is 20.1. The third kappa shape index (κ3) is 5.11. The molecule has 0 aliphatic rings. The fourth-order valence-corrected chi connectivity index (χ4v) is 3.56. The molecular weight excluding hydrogens is 347 g/mol. The van der Waals surface area contributed by atoms with E-state index in [9.17, 15) is 4.39 Å². The van der Waals surface area contributed by atoms with Crippen molar-refractivity contribution in [2.45, 2.75) is 53.4 Å². The van der Waals surface area contributed by atoms with Crippen molar-refractivity contribution in [2.24, 2.45) is 5.92 Å². The first kappa shape index (κ1) is 20.3. The summed E-state index contributed by atoms with van der Waals surface area (Å²) < 4.78 is 16.0. The summed E-state index contributed by atoms with van der Waals surface area (Å²) in [4.78, 5) is 2.45. The Morgan fingerprint density at radius 3 is 2.43 bits per heavy atom. The van der Waals surface area contributed by atoms with Gasteiger partial charge in [-0.1, -0.05) is 50.2 Å². The van der Waals surface area contributed by atoms with Crippen LogP contribution in [0.3, 0.4) is 0 Å². The van der Waals surface area contributed by atoms with Gasteiger partial charge in [0, 0.05) is 37.6 Å². The van der Waals surface area contributed by atoms with Gasteiger partial charge in [-0.25, -0.2) is 4.39 Å². The second kappa shape index (κ2) is 9.20. The van der Waals surface area contributed by atoms with Gasteiger partial charge in [-0.15, -0.1) is 0 Å². The van der Waals surface area contributed by atoms with Crippen molar-refractivity contribution in [3.8, 4) is 0 Å². The Hall–Kier alpha value is -2.39. The smallest absolute Gasteiger partial charge is 0.123 e. The lowest BCUT2D eigenvalue weighted by Gasteiger charge is -2.32. The Labute approximate surface area is 168 Å². The Balaban J connectivity index is 1.81. The lowest BCUT2D eigenvalue weighted by Crippen LogP contribution is -2.36. The molecule has 0 radical (unpaired) electrons. The van der Waals surface area contributed by atoms with E-state index >= 15 is 0 Å². The van der Waals surface area contributed by atoms with Gasteiger partial charge in [-0.2, -0.15) is 0 Å². The first-order valence-electron chi connectivity index (χ1n) is 10.1. The summed E-state index contributed by atoms with van der Waals surface area (Å²) in [5.74, 6) is 0.353. The van der Waals surface area contributed by atoms with E-state index in [1.807, 2.05) is 6.07 Å². The fourth-order valence-electron chi connectivity index (χ4n) is 3.56. The van der Waals surface area contributed by atoms with Crippen LogP contribution in [-0.4, -0.2) is 15.5 Å². The van der Waals surface area contributed by atoms with Crippen molar-refractivity contribution in [3.63, 3.8) is 0 Å². The maximum Gasteiger partial charge on any atom is 0.123 e. The van der Waals surface area contributed by atoms with Crippen LogP contribution in [0.1, 0.15) is 43.2 Å². The standard InChI is InChI=1S/C25H31FN2/c1-19(2)21(4)28(16-22-10-7-12-24(26)15-22)18-25-13-8-14-27(25)17-23-11-6-5-9-20(23)3/h5-15,19,21H,16-18H2,1-4H3. The molecule has 0 aliphatic carbocycles. The molecule has 3 rings (SSSR count). The molecule has 3 aromatic rings. The Morgan fingerprint density at radius 1 is 0.929 bits per heavy atom. The lowest BCUT2D eigenvalue weighted by molar-refractivity contribution is 0.148.